The van der Waals surface area contributed by atoms with Gasteiger partial charge in [-0.25, -0.2) is 13.6 Å². The molecule has 2 heterocycles. The Kier molecular flexibility index (Phi) is 11.0. The Labute approximate surface area is 299 Å². The number of benzene rings is 2. The van der Waals surface area contributed by atoms with Crippen molar-refractivity contribution in [2.75, 3.05) is 28.3 Å². The fourth-order valence-corrected chi connectivity index (χ4v) is 7.70. The molecule has 0 unspecified atom stereocenters. The minimum Gasteiger partial charge on any atom is -0.496 e. The Morgan fingerprint density at radius 1 is 0.920 bits per heavy atom. The predicted octanol–water partition coefficient (Wildman–Crippen LogP) is 8.43. The summed E-state index contributed by atoms with van der Waals surface area (Å²) >= 11 is 7.46. The van der Waals surface area contributed by atoms with Crippen molar-refractivity contribution in [3.8, 4) is 16.9 Å². The van der Waals surface area contributed by atoms with Crippen molar-refractivity contribution in [3.63, 3.8) is 0 Å². The molecule has 1 aliphatic rings. The Bertz CT molecular complexity index is 1920. The molecule has 0 aliphatic heterocycles. The maximum Gasteiger partial charge on any atom is 0.410 e. The molecule has 1 saturated carbocycles. The number of hydrogen-bond donors (Lipinski definition) is 0. The summed E-state index contributed by atoms with van der Waals surface area (Å²) in [6, 6.07) is 10.7. The average molecular weight is 727 g/mol. The second-order valence-corrected chi connectivity index (χ2v) is 15.0. The van der Waals surface area contributed by atoms with Crippen LogP contribution < -0.4 is 4.74 Å². The summed E-state index contributed by atoms with van der Waals surface area (Å²) in [5, 5.41) is -0.256. The predicted molar refractivity (Wildman–Crippen MR) is 191 cm³/mol. The van der Waals surface area contributed by atoms with E-state index in [0.717, 1.165) is 34.6 Å². The van der Waals surface area contributed by atoms with Crippen molar-refractivity contribution in [2.45, 2.75) is 70.7 Å². The van der Waals surface area contributed by atoms with E-state index >= 15 is 0 Å². The lowest BCUT2D eigenvalue weighted by Gasteiger charge is -2.40. The normalized spacial score (nSPS) is 16.2. The summed E-state index contributed by atoms with van der Waals surface area (Å²) < 4.78 is 41.0. The Morgan fingerprint density at radius 3 is 2.18 bits per heavy atom. The number of amides is 3. The summed E-state index contributed by atoms with van der Waals surface area (Å²) in [5.74, 6) is -1.54. The van der Waals surface area contributed by atoms with E-state index in [1.807, 2.05) is 32.9 Å². The van der Waals surface area contributed by atoms with E-state index in [1.165, 1.54) is 12.0 Å². The number of aromatic nitrogens is 1. The summed E-state index contributed by atoms with van der Waals surface area (Å²) in [6.07, 6.45) is 3.46. The van der Waals surface area contributed by atoms with Gasteiger partial charge in [-0.3, -0.25) is 14.6 Å². The van der Waals surface area contributed by atoms with E-state index in [-0.39, 0.29) is 50.2 Å². The molecule has 0 N–H and O–H groups in total. The zero-order valence-electron chi connectivity index (χ0n) is 29.2. The fraction of sp³-hybridized carbons (Fsp3) is 0.405. The number of ether oxygens (including phenoxy) is 2. The molecule has 1 fully saturated rings. The van der Waals surface area contributed by atoms with Gasteiger partial charge in [0, 0.05) is 51.5 Å². The molecule has 266 valence electrons. The van der Waals surface area contributed by atoms with Crippen LogP contribution in [0.5, 0.6) is 5.75 Å². The highest BCUT2D eigenvalue weighted by Crippen LogP contribution is 2.41. The number of halogens is 3. The Hall–Kier alpha value is -4.29. The molecule has 0 radical (unpaired) electrons. The SMILES string of the molecule is COc1ccc(-c2ccnc(C(=O)N(C)C)c2)cc1CN(C(=O)c1sc2c(F)ccc(F)c2c1Cl)[C@H]1CC[C@H](N(C)C(=O)OC(C)(C)C)CC1. The number of carbonyl (C=O) groups excluding carboxylic acids is 3. The van der Waals surface area contributed by atoms with Crippen LogP contribution in [-0.2, 0) is 11.3 Å². The van der Waals surface area contributed by atoms with Crippen LogP contribution in [0.3, 0.4) is 0 Å². The third-order valence-corrected chi connectivity index (χ3v) is 10.5. The van der Waals surface area contributed by atoms with Crippen LogP contribution in [0.2, 0.25) is 5.02 Å². The van der Waals surface area contributed by atoms with Gasteiger partial charge in [0.05, 0.1) is 22.2 Å². The summed E-state index contributed by atoms with van der Waals surface area (Å²) in [6.45, 7) is 5.54. The number of nitrogens with zero attached hydrogens (tertiary/aromatic N) is 4. The van der Waals surface area contributed by atoms with Crippen LogP contribution in [0.1, 0.15) is 72.2 Å². The number of hydrogen-bond acceptors (Lipinski definition) is 7. The van der Waals surface area contributed by atoms with Gasteiger partial charge < -0.3 is 24.2 Å². The molecule has 0 spiro atoms. The van der Waals surface area contributed by atoms with Crippen molar-refractivity contribution in [1.82, 2.24) is 19.7 Å². The molecule has 1 aliphatic carbocycles. The average Bonchev–Trinajstić information content (AvgIpc) is 3.45. The van der Waals surface area contributed by atoms with Gasteiger partial charge in [-0.2, -0.15) is 0 Å². The quantitative estimate of drug-likeness (QED) is 0.181. The van der Waals surface area contributed by atoms with Crippen LogP contribution in [-0.4, -0.2) is 83.5 Å². The number of methoxy groups -OCH3 is 1. The van der Waals surface area contributed by atoms with Crippen LogP contribution in [0, 0.1) is 11.6 Å². The summed E-state index contributed by atoms with van der Waals surface area (Å²) in [5.41, 5.74) is 1.85. The number of rotatable bonds is 8. The highest BCUT2D eigenvalue weighted by atomic mass is 35.5. The molecule has 0 saturated heterocycles. The van der Waals surface area contributed by atoms with E-state index in [4.69, 9.17) is 21.1 Å². The molecule has 4 aromatic rings. The zero-order valence-corrected chi connectivity index (χ0v) is 30.8. The molecule has 5 rings (SSSR count). The molecule has 50 heavy (non-hydrogen) atoms. The van der Waals surface area contributed by atoms with Gasteiger partial charge in [0.2, 0.25) is 0 Å². The lowest BCUT2D eigenvalue weighted by Crippen LogP contribution is -2.47. The third kappa shape index (κ3) is 7.86. The minimum absolute atomic E-state index is 0.0265. The second-order valence-electron chi connectivity index (χ2n) is 13.6. The minimum atomic E-state index is -0.710. The molecule has 0 bridgehead atoms. The maximum absolute atomic E-state index is 14.9. The topological polar surface area (TPSA) is 92.3 Å². The fourth-order valence-electron chi connectivity index (χ4n) is 6.19. The number of carbonyl (C=O) groups is 3. The van der Waals surface area contributed by atoms with Gasteiger partial charge in [0.15, 0.2) is 0 Å². The molecule has 13 heteroatoms. The van der Waals surface area contributed by atoms with E-state index in [0.29, 0.717) is 37.0 Å². The smallest absolute Gasteiger partial charge is 0.410 e. The van der Waals surface area contributed by atoms with E-state index in [9.17, 15) is 23.2 Å². The van der Waals surface area contributed by atoms with Crippen molar-refractivity contribution in [1.29, 1.82) is 0 Å². The molecular formula is C37H41ClF2N4O5S. The first-order valence-electron chi connectivity index (χ1n) is 16.3. The monoisotopic (exact) mass is 726 g/mol. The molecule has 0 atom stereocenters. The largest absolute Gasteiger partial charge is 0.496 e. The standard InChI is InChI=1S/C37H41ClF2N4O5S/c1-37(2,3)49-36(47)43(6)24-9-11-25(12-10-24)44(35(46)33-31(38)30-26(39)13-14-27(40)32(30)50-33)20-23-18-21(8-15-29(23)48-7)22-16-17-41-28(19-22)34(45)42(4)5/h8,13-19,24-25H,9-12,20H2,1-7H3/t24-,25-. The van der Waals surface area contributed by atoms with Crippen LogP contribution in [0.4, 0.5) is 13.6 Å². The summed E-state index contributed by atoms with van der Waals surface area (Å²) in [7, 11) is 6.57. The van der Waals surface area contributed by atoms with Gasteiger partial charge in [-0.1, -0.05) is 17.7 Å². The van der Waals surface area contributed by atoms with E-state index < -0.39 is 29.2 Å². The highest BCUT2D eigenvalue weighted by Gasteiger charge is 2.35. The number of thiophene rings is 1. The molecule has 9 nitrogen and oxygen atoms in total. The van der Waals surface area contributed by atoms with Crippen molar-refractivity contribution in [3.05, 3.63) is 81.5 Å². The molecular weight excluding hydrogens is 686 g/mol. The van der Waals surface area contributed by atoms with Crippen LogP contribution in [0.15, 0.2) is 48.7 Å². The van der Waals surface area contributed by atoms with E-state index in [1.54, 1.807) is 55.3 Å². The van der Waals surface area contributed by atoms with Crippen LogP contribution >= 0.6 is 22.9 Å². The summed E-state index contributed by atoms with van der Waals surface area (Å²) in [4.78, 5) is 49.0. The van der Waals surface area contributed by atoms with Crippen molar-refractivity contribution in [2.24, 2.45) is 0 Å². The van der Waals surface area contributed by atoms with Crippen LogP contribution in [0.25, 0.3) is 21.2 Å². The Morgan fingerprint density at radius 2 is 1.56 bits per heavy atom. The maximum atomic E-state index is 14.9. The molecule has 2 aromatic carbocycles. The van der Waals surface area contributed by atoms with Gasteiger partial charge in [0.1, 0.15) is 33.6 Å². The van der Waals surface area contributed by atoms with Gasteiger partial charge in [0.25, 0.3) is 11.8 Å². The first-order chi connectivity index (χ1) is 23.6. The Balaban J connectivity index is 1.51. The van der Waals surface area contributed by atoms with Crippen molar-refractivity contribution >= 4 is 50.9 Å². The third-order valence-electron chi connectivity index (χ3n) is 8.81. The number of fused-ring (bicyclic) bond motifs is 1. The lowest BCUT2D eigenvalue weighted by molar-refractivity contribution is 0.0144. The first kappa shape index (κ1) is 37.0. The number of pyridine rings is 1. The first-order valence-corrected chi connectivity index (χ1v) is 17.5. The lowest BCUT2D eigenvalue weighted by atomic mass is 9.89. The van der Waals surface area contributed by atoms with Gasteiger partial charge in [-0.05, 0) is 94.0 Å². The molecule has 3 amide bonds. The highest BCUT2D eigenvalue weighted by molar-refractivity contribution is 7.21. The van der Waals surface area contributed by atoms with Crippen molar-refractivity contribution < 1.29 is 32.6 Å². The van der Waals surface area contributed by atoms with Gasteiger partial charge in [-0.15, -0.1) is 11.3 Å². The second kappa shape index (κ2) is 14.9. The van der Waals surface area contributed by atoms with E-state index in [2.05, 4.69) is 4.98 Å². The van der Waals surface area contributed by atoms with Gasteiger partial charge >= 0.3 is 6.09 Å². The molecule has 2 aromatic heterocycles. The zero-order chi connectivity index (χ0) is 36.5.